The molecule has 0 unspecified atom stereocenters. The first-order valence-electron chi connectivity index (χ1n) is 4.89. The molecule has 0 radical (unpaired) electrons. The summed E-state index contributed by atoms with van der Waals surface area (Å²) >= 11 is 0. The van der Waals surface area contributed by atoms with E-state index < -0.39 is 12.6 Å². The molecule has 1 aliphatic heterocycles. The van der Waals surface area contributed by atoms with Crippen molar-refractivity contribution in [2.24, 2.45) is 5.92 Å². The number of hydrogen-bond donors (Lipinski definition) is 1. The van der Waals surface area contributed by atoms with Gasteiger partial charge in [0.2, 0.25) is 5.91 Å². The van der Waals surface area contributed by atoms with Gasteiger partial charge in [0.15, 0.2) is 0 Å². The fourth-order valence-electron chi connectivity index (χ4n) is 1.64. The van der Waals surface area contributed by atoms with Crippen molar-refractivity contribution in [3.8, 4) is 0 Å². The number of piperidine rings is 1. The molecule has 1 saturated heterocycles. The molecule has 1 fully saturated rings. The van der Waals surface area contributed by atoms with Crippen molar-refractivity contribution in [2.45, 2.75) is 12.8 Å². The lowest BCUT2D eigenvalue weighted by molar-refractivity contribution is -0.132. The number of carboxylic acids is 1. The number of carboxylic acid groups (broad SMARTS) is 1. The molecule has 4 nitrogen and oxygen atoms in total. The maximum Gasteiger partial charge on any atom is 0.328 e. The minimum Gasteiger partial charge on any atom is -0.478 e. The molecular weight excluding hydrogens is 201 g/mol. The van der Waals surface area contributed by atoms with Gasteiger partial charge in [0.05, 0.1) is 6.67 Å². The van der Waals surface area contributed by atoms with Crippen LogP contribution in [-0.4, -0.2) is 41.6 Å². The van der Waals surface area contributed by atoms with Crippen molar-refractivity contribution in [1.29, 1.82) is 0 Å². The molecule has 1 aliphatic rings. The van der Waals surface area contributed by atoms with Gasteiger partial charge in [0, 0.05) is 31.2 Å². The van der Waals surface area contributed by atoms with Gasteiger partial charge in [0.1, 0.15) is 0 Å². The highest BCUT2D eigenvalue weighted by Gasteiger charge is 2.22. The molecule has 84 valence electrons. The first-order chi connectivity index (χ1) is 7.13. The third-order valence-electron chi connectivity index (χ3n) is 2.42. The monoisotopic (exact) mass is 215 g/mol. The Morgan fingerprint density at radius 3 is 2.80 bits per heavy atom. The molecule has 1 heterocycles. The number of hydrogen-bond acceptors (Lipinski definition) is 2. The largest absolute Gasteiger partial charge is 0.478 e. The van der Waals surface area contributed by atoms with Gasteiger partial charge in [-0.3, -0.25) is 9.18 Å². The van der Waals surface area contributed by atoms with Crippen molar-refractivity contribution in [3.05, 3.63) is 12.2 Å². The molecule has 0 aromatic rings. The maximum absolute atomic E-state index is 12.4. The molecule has 0 aromatic carbocycles. The van der Waals surface area contributed by atoms with Crippen molar-refractivity contribution in [2.75, 3.05) is 19.8 Å². The summed E-state index contributed by atoms with van der Waals surface area (Å²) in [5.41, 5.74) is 0. The van der Waals surface area contributed by atoms with Gasteiger partial charge in [-0.1, -0.05) is 0 Å². The first-order valence-corrected chi connectivity index (χ1v) is 4.89. The van der Waals surface area contributed by atoms with Crippen LogP contribution in [0.1, 0.15) is 12.8 Å². The maximum atomic E-state index is 12.4. The fourth-order valence-corrected chi connectivity index (χ4v) is 1.64. The summed E-state index contributed by atoms with van der Waals surface area (Å²) in [6, 6.07) is 0. The minimum atomic E-state index is -1.15. The van der Waals surface area contributed by atoms with Gasteiger partial charge in [-0.05, 0) is 12.8 Å². The van der Waals surface area contributed by atoms with Gasteiger partial charge in [-0.15, -0.1) is 0 Å². The standard InChI is InChI=1S/C10H14FNO3/c11-6-8-2-1-5-12(7-8)9(13)3-4-10(14)15/h3-4,8H,1-2,5-7H2,(H,14,15)/b4-3+/t8-/m1/s1. The number of aliphatic carboxylic acids is 1. The lowest BCUT2D eigenvalue weighted by Gasteiger charge is -2.30. The average Bonchev–Trinajstić information content (AvgIpc) is 2.26. The molecule has 15 heavy (non-hydrogen) atoms. The Hall–Kier alpha value is -1.39. The quantitative estimate of drug-likeness (QED) is 0.709. The van der Waals surface area contributed by atoms with Crippen LogP contribution < -0.4 is 0 Å². The Bertz CT molecular complexity index is 278. The highest BCUT2D eigenvalue weighted by atomic mass is 19.1. The van der Waals surface area contributed by atoms with Crippen LogP contribution in [0.25, 0.3) is 0 Å². The summed E-state index contributed by atoms with van der Waals surface area (Å²) in [6.45, 7) is 0.547. The highest BCUT2D eigenvalue weighted by Crippen LogP contribution is 2.16. The molecule has 0 aliphatic carbocycles. The first kappa shape index (κ1) is 11.7. The van der Waals surface area contributed by atoms with Gasteiger partial charge in [0.25, 0.3) is 0 Å². The van der Waals surface area contributed by atoms with Gasteiger partial charge < -0.3 is 10.0 Å². The van der Waals surface area contributed by atoms with E-state index in [0.717, 1.165) is 25.0 Å². The minimum absolute atomic E-state index is 0.0964. The van der Waals surface area contributed by atoms with E-state index in [1.54, 1.807) is 0 Å². The third-order valence-corrected chi connectivity index (χ3v) is 2.42. The van der Waals surface area contributed by atoms with E-state index in [2.05, 4.69) is 0 Å². The summed E-state index contributed by atoms with van der Waals surface area (Å²) in [5.74, 6) is -1.60. The molecule has 5 heteroatoms. The van der Waals surface area contributed by atoms with E-state index in [4.69, 9.17) is 5.11 Å². The smallest absolute Gasteiger partial charge is 0.328 e. The van der Waals surface area contributed by atoms with Crippen LogP contribution in [0.2, 0.25) is 0 Å². The zero-order valence-electron chi connectivity index (χ0n) is 8.36. The third kappa shape index (κ3) is 3.69. The van der Waals surface area contributed by atoms with E-state index in [-0.39, 0.29) is 11.8 Å². The zero-order chi connectivity index (χ0) is 11.3. The number of likely N-dealkylation sites (tertiary alicyclic amines) is 1. The number of alkyl halides is 1. The highest BCUT2D eigenvalue weighted by molar-refractivity contribution is 5.93. The number of rotatable bonds is 3. The van der Waals surface area contributed by atoms with Crippen LogP contribution in [0.15, 0.2) is 12.2 Å². The van der Waals surface area contributed by atoms with Crippen molar-refractivity contribution < 1.29 is 19.1 Å². The summed E-state index contributed by atoms with van der Waals surface area (Å²) in [7, 11) is 0. The lowest BCUT2D eigenvalue weighted by Crippen LogP contribution is -2.39. The van der Waals surface area contributed by atoms with E-state index >= 15 is 0 Å². The summed E-state index contributed by atoms with van der Waals surface area (Å²) in [6.07, 6.45) is 3.40. The molecule has 1 rings (SSSR count). The molecule has 0 spiro atoms. The van der Waals surface area contributed by atoms with Crippen LogP contribution in [0, 0.1) is 5.92 Å². The molecule has 0 bridgehead atoms. The van der Waals surface area contributed by atoms with Crippen molar-refractivity contribution in [1.82, 2.24) is 4.90 Å². The second kappa shape index (κ2) is 5.48. The Labute approximate surface area is 87.4 Å². The Morgan fingerprint density at radius 2 is 2.20 bits per heavy atom. The van der Waals surface area contributed by atoms with Crippen LogP contribution in [0.3, 0.4) is 0 Å². The summed E-state index contributed by atoms with van der Waals surface area (Å²) in [4.78, 5) is 23.1. The second-order valence-electron chi connectivity index (χ2n) is 3.62. The van der Waals surface area contributed by atoms with E-state index in [1.165, 1.54) is 4.90 Å². The Morgan fingerprint density at radius 1 is 1.47 bits per heavy atom. The number of carbonyl (C=O) groups is 2. The van der Waals surface area contributed by atoms with Crippen LogP contribution >= 0.6 is 0 Å². The van der Waals surface area contributed by atoms with Crippen LogP contribution in [0.4, 0.5) is 4.39 Å². The van der Waals surface area contributed by atoms with Gasteiger partial charge in [-0.25, -0.2) is 4.79 Å². The lowest BCUT2D eigenvalue weighted by atomic mass is 9.99. The van der Waals surface area contributed by atoms with Crippen LogP contribution in [-0.2, 0) is 9.59 Å². The Balaban J connectivity index is 2.48. The topological polar surface area (TPSA) is 57.6 Å². The molecule has 1 atom stereocenters. The normalized spacial score (nSPS) is 21.9. The van der Waals surface area contributed by atoms with Crippen molar-refractivity contribution in [3.63, 3.8) is 0 Å². The molecular formula is C10H14FNO3. The molecule has 1 amide bonds. The number of nitrogens with zero attached hydrogens (tertiary/aromatic N) is 1. The predicted molar refractivity (Wildman–Crippen MR) is 52.1 cm³/mol. The Kier molecular flexibility index (Phi) is 4.27. The van der Waals surface area contributed by atoms with E-state index in [1.807, 2.05) is 0 Å². The SMILES string of the molecule is O=C(O)/C=C/C(=O)N1CCC[C@H](CF)C1. The van der Waals surface area contributed by atoms with Crippen LogP contribution in [0.5, 0.6) is 0 Å². The number of carbonyl (C=O) groups excluding carboxylic acids is 1. The van der Waals surface area contributed by atoms with E-state index in [9.17, 15) is 14.0 Å². The fraction of sp³-hybridized carbons (Fsp3) is 0.600. The van der Waals surface area contributed by atoms with Gasteiger partial charge in [-0.2, -0.15) is 0 Å². The summed E-state index contributed by atoms with van der Waals surface area (Å²) < 4.78 is 12.4. The van der Waals surface area contributed by atoms with Crippen molar-refractivity contribution >= 4 is 11.9 Å². The van der Waals surface area contributed by atoms with E-state index in [0.29, 0.717) is 13.1 Å². The van der Waals surface area contributed by atoms with Gasteiger partial charge >= 0.3 is 5.97 Å². The number of amides is 1. The predicted octanol–water partition coefficient (Wildman–Crippen LogP) is 0.835. The zero-order valence-corrected chi connectivity index (χ0v) is 8.36. The molecule has 0 saturated carbocycles. The second-order valence-corrected chi connectivity index (χ2v) is 3.62. The molecule has 1 N–H and O–H groups in total. The number of halogens is 1. The average molecular weight is 215 g/mol. The summed E-state index contributed by atoms with van der Waals surface area (Å²) in [5, 5.41) is 8.34. The molecule has 0 aromatic heterocycles.